The number of carbonyl (C=O) groups is 1. The molecule has 3 N–H and O–H groups in total. The number of nitrogens with zero attached hydrogens (tertiary/aromatic N) is 2. The van der Waals surface area contributed by atoms with E-state index in [0.29, 0.717) is 25.2 Å². The molecule has 2 atom stereocenters. The second-order valence-corrected chi connectivity index (χ2v) is 6.87. The van der Waals surface area contributed by atoms with Crippen molar-refractivity contribution in [1.82, 2.24) is 15.1 Å². The van der Waals surface area contributed by atoms with Crippen molar-refractivity contribution in [2.45, 2.75) is 12.8 Å². The van der Waals surface area contributed by atoms with Gasteiger partial charge in [-0.2, -0.15) is 5.10 Å². The number of H-pyrrole nitrogens is 1. The number of fused-ring (bicyclic) bond motifs is 1. The Balaban J connectivity index is 1.66. The minimum atomic E-state index is 0.0508. The van der Waals surface area contributed by atoms with Gasteiger partial charge in [0.1, 0.15) is 0 Å². The Morgan fingerprint density at radius 3 is 2.84 bits per heavy atom. The third-order valence-corrected chi connectivity index (χ3v) is 5.18. The number of hydrogen-bond acceptors (Lipinski definition) is 3. The van der Waals surface area contributed by atoms with Gasteiger partial charge >= 0.3 is 0 Å². The summed E-state index contributed by atoms with van der Waals surface area (Å²) in [6.45, 7) is 3.98. The van der Waals surface area contributed by atoms with Crippen LogP contribution in [0.15, 0.2) is 48.7 Å². The number of rotatable bonds is 3. The largest absolute Gasteiger partial charge is 0.338 e. The SMILES string of the molecule is Cc1cc(C(=O)N2C[C@@H](CN)[C@H](c3ccccc3)C2)c2[nH]ncc2c1. The maximum absolute atomic E-state index is 13.2. The lowest BCUT2D eigenvalue weighted by atomic mass is 9.89. The molecule has 1 aromatic heterocycles. The molecule has 2 aromatic carbocycles. The number of aryl methyl sites for hydroxylation is 1. The summed E-state index contributed by atoms with van der Waals surface area (Å²) in [5.41, 5.74) is 9.82. The first-order valence-electron chi connectivity index (χ1n) is 8.65. The van der Waals surface area contributed by atoms with Gasteiger partial charge in [0.2, 0.25) is 0 Å². The lowest BCUT2D eigenvalue weighted by molar-refractivity contribution is 0.0788. The molecule has 0 unspecified atom stereocenters. The van der Waals surface area contributed by atoms with E-state index in [2.05, 4.69) is 22.3 Å². The van der Waals surface area contributed by atoms with E-state index in [-0.39, 0.29) is 17.7 Å². The Kier molecular flexibility index (Phi) is 4.01. The number of aromatic amines is 1. The van der Waals surface area contributed by atoms with E-state index < -0.39 is 0 Å². The Labute approximate surface area is 146 Å². The molecule has 0 aliphatic carbocycles. The van der Waals surface area contributed by atoms with Gasteiger partial charge in [-0.25, -0.2) is 0 Å². The summed E-state index contributed by atoms with van der Waals surface area (Å²) in [5.74, 6) is 0.625. The molecule has 1 saturated heterocycles. The summed E-state index contributed by atoms with van der Waals surface area (Å²) >= 11 is 0. The van der Waals surface area contributed by atoms with Gasteiger partial charge in [-0.1, -0.05) is 30.3 Å². The fourth-order valence-electron chi connectivity index (χ4n) is 3.90. The van der Waals surface area contributed by atoms with Crippen LogP contribution in [0, 0.1) is 12.8 Å². The Morgan fingerprint density at radius 2 is 2.08 bits per heavy atom. The predicted octanol–water partition coefficient (Wildman–Crippen LogP) is 2.69. The number of benzene rings is 2. The third-order valence-electron chi connectivity index (χ3n) is 5.18. The van der Waals surface area contributed by atoms with Gasteiger partial charge in [-0.3, -0.25) is 9.89 Å². The zero-order chi connectivity index (χ0) is 17.4. The van der Waals surface area contributed by atoms with Gasteiger partial charge in [0.25, 0.3) is 5.91 Å². The van der Waals surface area contributed by atoms with E-state index >= 15 is 0 Å². The molecule has 1 fully saturated rings. The predicted molar refractivity (Wildman–Crippen MR) is 98.5 cm³/mol. The van der Waals surface area contributed by atoms with Crippen molar-refractivity contribution >= 4 is 16.8 Å². The molecule has 25 heavy (non-hydrogen) atoms. The molecule has 2 heterocycles. The molecule has 5 nitrogen and oxygen atoms in total. The zero-order valence-corrected chi connectivity index (χ0v) is 14.3. The zero-order valence-electron chi connectivity index (χ0n) is 14.3. The molecule has 0 saturated carbocycles. The average molecular weight is 334 g/mol. The van der Waals surface area contributed by atoms with Gasteiger partial charge < -0.3 is 10.6 Å². The number of likely N-dealkylation sites (tertiary alicyclic amines) is 1. The van der Waals surface area contributed by atoms with Crippen LogP contribution in [0.25, 0.3) is 10.9 Å². The van der Waals surface area contributed by atoms with Crippen LogP contribution < -0.4 is 5.73 Å². The van der Waals surface area contributed by atoms with E-state index in [9.17, 15) is 4.79 Å². The number of hydrogen-bond donors (Lipinski definition) is 2. The van der Waals surface area contributed by atoms with Crippen molar-refractivity contribution in [3.8, 4) is 0 Å². The van der Waals surface area contributed by atoms with E-state index in [1.165, 1.54) is 5.56 Å². The Bertz CT molecular complexity index is 902. The van der Waals surface area contributed by atoms with Gasteiger partial charge in [-0.05, 0) is 42.6 Å². The molecule has 0 bridgehead atoms. The number of nitrogens with one attached hydrogen (secondary N) is 1. The first-order valence-corrected chi connectivity index (χ1v) is 8.65. The molecular formula is C20H22N4O. The molecule has 128 valence electrons. The van der Waals surface area contributed by atoms with Crippen LogP contribution in [0.2, 0.25) is 0 Å². The van der Waals surface area contributed by atoms with Crippen LogP contribution in [-0.4, -0.2) is 40.6 Å². The fraction of sp³-hybridized carbons (Fsp3) is 0.300. The molecule has 0 radical (unpaired) electrons. The number of nitrogens with two attached hydrogens (primary N) is 1. The minimum absolute atomic E-state index is 0.0508. The number of amides is 1. The van der Waals surface area contributed by atoms with Crippen LogP contribution in [0.1, 0.15) is 27.4 Å². The summed E-state index contributed by atoms with van der Waals surface area (Å²) in [5, 5.41) is 8.03. The van der Waals surface area contributed by atoms with Gasteiger partial charge in [0.15, 0.2) is 0 Å². The number of carbonyl (C=O) groups excluding carboxylic acids is 1. The minimum Gasteiger partial charge on any atom is -0.338 e. The molecular weight excluding hydrogens is 312 g/mol. The van der Waals surface area contributed by atoms with Crippen LogP contribution in [-0.2, 0) is 0 Å². The van der Waals surface area contributed by atoms with Gasteiger partial charge in [0, 0.05) is 24.4 Å². The fourth-order valence-corrected chi connectivity index (χ4v) is 3.90. The Morgan fingerprint density at radius 1 is 1.28 bits per heavy atom. The van der Waals surface area contributed by atoms with Gasteiger partial charge in [-0.15, -0.1) is 0 Å². The van der Waals surface area contributed by atoms with Crippen molar-refractivity contribution in [2.24, 2.45) is 11.7 Å². The van der Waals surface area contributed by atoms with Crippen LogP contribution in [0.5, 0.6) is 0 Å². The van der Waals surface area contributed by atoms with Crippen LogP contribution in [0.4, 0.5) is 0 Å². The summed E-state index contributed by atoms with van der Waals surface area (Å²) in [6.07, 6.45) is 1.76. The molecule has 1 aliphatic rings. The summed E-state index contributed by atoms with van der Waals surface area (Å²) in [7, 11) is 0. The van der Waals surface area contributed by atoms with Crippen LogP contribution in [0.3, 0.4) is 0 Å². The second kappa shape index (κ2) is 6.33. The van der Waals surface area contributed by atoms with Crippen molar-refractivity contribution in [1.29, 1.82) is 0 Å². The number of aromatic nitrogens is 2. The summed E-state index contributed by atoms with van der Waals surface area (Å²) in [6, 6.07) is 14.3. The molecule has 3 aromatic rings. The highest BCUT2D eigenvalue weighted by molar-refractivity contribution is 6.05. The second-order valence-electron chi connectivity index (χ2n) is 6.87. The van der Waals surface area contributed by atoms with Crippen molar-refractivity contribution in [3.05, 3.63) is 65.4 Å². The molecule has 1 aliphatic heterocycles. The van der Waals surface area contributed by atoms with E-state index in [1.807, 2.05) is 42.2 Å². The molecule has 1 amide bonds. The van der Waals surface area contributed by atoms with Crippen molar-refractivity contribution < 1.29 is 4.79 Å². The smallest absolute Gasteiger partial charge is 0.256 e. The first-order chi connectivity index (χ1) is 12.2. The quantitative estimate of drug-likeness (QED) is 0.773. The van der Waals surface area contributed by atoms with Crippen LogP contribution >= 0.6 is 0 Å². The molecule has 0 spiro atoms. The summed E-state index contributed by atoms with van der Waals surface area (Å²) in [4.78, 5) is 15.1. The highest BCUT2D eigenvalue weighted by Crippen LogP contribution is 2.33. The van der Waals surface area contributed by atoms with E-state index in [1.54, 1.807) is 6.20 Å². The average Bonchev–Trinajstić information content (AvgIpc) is 3.27. The maximum Gasteiger partial charge on any atom is 0.256 e. The molecule has 5 heteroatoms. The standard InChI is InChI=1S/C20H22N4O/c1-13-7-15-10-22-23-19(15)17(8-13)20(25)24-11-16(9-21)18(12-24)14-5-3-2-4-6-14/h2-8,10,16,18H,9,11-12,21H2,1H3,(H,22,23)/t16-,18+/m1/s1. The third kappa shape index (κ3) is 2.81. The van der Waals surface area contributed by atoms with E-state index in [0.717, 1.165) is 16.5 Å². The van der Waals surface area contributed by atoms with E-state index in [4.69, 9.17) is 5.73 Å². The topological polar surface area (TPSA) is 75.0 Å². The van der Waals surface area contributed by atoms with Crippen molar-refractivity contribution in [3.63, 3.8) is 0 Å². The molecule has 4 rings (SSSR count). The van der Waals surface area contributed by atoms with Crippen molar-refractivity contribution in [2.75, 3.05) is 19.6 Å². The van der Waals surface area contributed by atoms with Gasteiger partial charge in [0.05, 0.1) is 17.3 Å². The first kappa shape index (κ1) is 15.8. The Hall–Kier alpha value is -2.66. The normalized spacial score (nSPS) is 20.3. The maximum atomic E-state index is 13.2. The monoisotopic (exact) mass is 334 g/mol. The highest BCUT2D eigenvalue weighted by atomic mass is 16.2. The lowest BCUT2D eigenvalue weighted by Gasteiger charge is -2.17. The lowest BCUT2D eigenvalue weighted by Crippen LogP contribution is -2.30. The highest BCUT2D eigenvalue weighted by Gasteiger charge is 2.36. The summed E-state index contributed by atoms with van der Waals surface area (Å²) < 4.78 is 0.